The average molecular weight is 167 g/mol. The van der Waals surface area contributed by atoms with Gasteiger partial charge in [-0.1, -0.05) is 13.8 Å². The van der Waals surface area contributed by atoms with Gasteiger partial charge in [0.15, 0.2) is 0 Å². The molecular weight excluding hydrogens is 154 g/mol. The van der Waals surface area contributed by atoms with Crippen LogP contribution in [0.4, 0.5) is 0 Å². The third kappa shape index (κ3) is 0.853. The Kier molecular flexibility index (Phi) is 1.53. The number of thiazole rings is 1. The molecule has 2 unspecified atom stereocenters. The van der Waals surface area contributed by atoms with Crippen molar-refractivity contribution in [3.8, 4) is 0 Å². The maximum absolute atomic E-state index is 4.50. The molecule has 0 fully saturated rings. The third-order valence-corrected chi connectivity index (χ3v) is 3.72. The van der Waals surface area contributed by atoms with Gasteiger partial charge in [0.1, 0.15) is 0 Å². The molecule has 2 heteroatoms. The standard InChI is InChI=1S/C9H13NS/c1-4-7-5(2)8-9(7)11-6(3)10-8/h5,7H,4H2,1-3H3. The molecule has 2 rings (SSSR count). The van der Waals surface area contributed by atoms with Crippen molar-refractivity contribution >= 4 is 11.3 Å². The molecular formula is C9H13NS. The van der Waals surface area contributed by atoms with Gasteiger partial charge in [-0.3, -0.25) is 0 Å². The Morgan fingerprint density at radius 2 is 2.27 bits per heavy atom. The molecule has 1 aliphatic rings. The van der Waals surface area contributed by atoms with Crippen LogP contribution >= 0.6 is 11.3 Å². The topological polar surface area (TPSA) is 12.9 Å². The number of aryl methyl sites for hydroxylation is 1. The molecule has 11 heavy (non-hydrogen) atoms. The Labute approximate surface area is 71.5 Å². The third-order valence-electron chi connectivity index (χ3n) is 2.60. The minimum absolute atomic E-state index is 0.722. The Hall–Kier alpha value is -0.370. The fourth-order valence-electron chi connectivity index (χ4n) is 1.91. The first-order valence-corrected chi connectivity index (χ1v) is 5.03. The molecule has 1 aromatic heterocycles. The van der Waals surface area contributed by atoms with Crippen LogP contribution in [0.15, 0.2) is 0 Å². The Morgan fingerprint density at radius 3 is 2.91 bits per heavy atom. The maximum atomic E-state index is 4.50. The van der Waals surface area contributed by atoms with Crippen LogP contribution in [0.25, 0.3) is 0 Å². The predicted molar refractivity (Wildman–Crippen MR) is 48.3 cm³/mol. The maximum Gasteiger partial charge on any atom is 0.0900 e. The summed E-state index contributed by atoms with van der Waals surface area (Å²) in [7, 11) is 0. The average Bonchev–Trinajstić information content (AvgIpc) is 2.30. The lowest BCUT2D eigenvalue weighted by Gasteiger charge is -2.31. The first-order chi connectivity index (χ1) is 5.24. The van der Waals surface area contributed by atoms with Crippen molar-refractivity contribution in [1.82, 2.24) is 4.98 Å². The molecule has 60 valence electrons. The summed E-state index contributed by atoms with van der Waals surface area (Å²) in [6.07, 6.45) is 1.27. The second-order valence-corrected chi connectivity index (χ2v) is 4.52. The van der Waals surface area contributed by atoms with Crippen LogP contribution in [0.5, 0.6) is 0 Å². The van der Waals surface area contributed by atoms with Gasteiger partial charge in [-0.25, -0.2) is 4.98 Å². The minimum Gasteiger partial charge on any atom is -0.246 e. The smallest absolute Gasteiger partial charge is 0.0900 e. The van der Waals surface area contributed by atoms with Crippen LogP contribution in [0.2, 0.25) is 0 Å². The molecule has 0 saturated carbocycles. The second-order valence-electron chi connectivity index (χ2n) is 3.29. The molecule has 0 spiro atoms. The number of hydrogen-bond acceptors (Lipinski definition) is 2. The summed E-state index contributed by atoms with van der Waals surface area (Å²) < 4.78 is 0. The number of nitrogens with zero attached hydrogens (tertiary/aromatic N) is 1. The van der Waals surface area contributed by atoms with E-state index in [1.54, 1.807) is 4.88 Å². The lowest BCUT2D eigenvalue weighted by atomic mass is 9.76. The highest BCUT2D eigenvalue weighted by Gasteiger charge is 2.36. The quantitative estimate of drug-likeness (QED) is 0.626. The van der Waals surface area contributed by atoms with Gasteiger partial charge in [-0.05, 0) is 13.3 Å². The van der Waals surface area contributed by atoms with Gasteiger partial charge >= 0.3 is 0 Å². The summed E-state index contributed by atoms with van der Waals surface area (Å²) in [5.74, 6) is 1.54. The van der Waals surface area contributed by atoms with Gasteiger partial charge in [0, 0.05) is 16.7 Å². The molecule has 0 aromatic carbocycles. The molecule has 0 saturated heterocycles. The van der Waals surface area contributed by atoms with E-state index in [1.165, 1.54) is 17.1 Å². The molecule has 0 N–H and O–H groups in total. The molecule has 0 aliphatic heterocycles. The monoisotopic (exact) mass is 167 g/mol. The van der Waals surface area contributed by atoms with Crippen molar-refractivity contribution in [2.45, 2.75) is 39.0 Å². The van der Waals surface area contributed by atoms with Crippen molar-refractivity contribution in [1.29, 1.82) is 0 Å². The van der Waals surface area contributed by atoms with Gasteiger partial charge in [0.2, 0.25) is 0 Å². The highest BCUT2D eigenvalue weighted by molar-refractivity contribution is 7.12. The van der Waals surface area contributed by atoms with Gasteiger partial charge < -0.3 is 0 Å². The van der Waals surface area contributed by atoms with E-state index in [-0.39, 0.29) is 0 Å². The molecule has 1 heterocycles. The van der Waals surface area contributed by atoms with Crippen molar-refractivity contribution in [3.63, 3.8) is 0 Å². The molecule has 1 aromatic rings. The van der Waals surface area contributed by atoms with Crippen molar-refractivity contribution in [2.75, 3.05) is 0 Å². The van der Waals surface area contributed by atoms with E-state index < -0.39 is 0 Å². The van der Waals surface area contributed by atoms with Crippen LogP contribution < -0.4 is 0 Å². The van der Waals surface area contributed by atoms with Gasteiger partial charge in [-0.2, -0.15) is 0 Å². The fourth-order valence-corrected chi connectivity index (χ4v) is 3.23. The summed E-state index contributed by atoms with van der Waals surface area (Å²) in [6, 6.07) is 0. The SMILES string of the molecule is CCC1c2sc(C)nc2C1C. The van der Waals surface area contributed by atoms with Crippen molar-refractivity contribution in [2.24, 2.45) is 0 Å². The molecule has 2 atom stereocenters. The molecule has 0 amide bonds. The van der Waals surface area contributed by atoms with Crippen molar-refractivity contribution < 1.29 is 0 Å². The Balaban J connectivity index is 2.38. The largest absolute Gasteiger partial charge is 0.246 e. The van der Waals surface area contributed by atoms with Crippen LogP contribution in [-0.4, -0.2) is 4.98 Å². The van der Waals surface area contributed by atoms with E-state index in [0.29, 0.717) is 0 Å². The molecule has 0 bridgehead atoms. The van der Waals surface area contributed by atoms with Crippen molar-refractivity contribution in [3.05, 3.63) is 15.6 Å². The zero-order valence-electron chi connectivity index (χ0n) is 7.22. The lowest BCUT2D eigenvalue weighted by molar-refractivity contribution is 0.487. The van der Waals surface area contributed by atoms with E-state index in [2.05, 4.69) is 25.8 Å². The Morgan fingerprint density at radius 1 is 1.55 bits per heavy atom. The van der Waals surface area contributed by atoms with Gasteiger partial charge in [0.25, 0.3) is 0 Å². The minimum atomic E-state index is 0.722. The summed E-state index contributed by atoms with van der Waals surface area (Å²) in [5.41, 5.74) is 1.37. The van der Waals surface area contributed by atoms with E-state index in [1.807, 2.05) is 11.3 Å². The van der Waals surface area contributed by atoms with E-state index in [4.69, 9.17) is 0 Å². The first-order valence-electron chi connectivity index (χ1n) is 4.21. The predicted octanol–water partition coefficient (Wildman–Crippen LogP) is 3.06. The summed E-state index contributed by atoms with van der Waals surface area (Å²) in [4.78, 5) is 6.05. The van der Waals surface area contributed by atoms with E-state index >= 15 is 0 Å². The van der Waals surface area contributed by atoms with Crippen LogP contribution in [0.1, 0.15) is 47.7 Å². The number of aromatic nitrogens is 1. The number of fused-ring (bicyclic) bond motifs is 1. The van der Waals surface area contributed by atoms with E-state index in [9.17, 15) is 0 Å². The molecule has 0 radical (unpaired) electrons. The summed E-state index contributed by atoms with van der Waals surface area (Å²) in [5, 5.41) is 1.23. The fraction of sp³-hybridized carbons (Fsp3) is 0.667. The molecule has 1 aliphatic carbocycles. The van der Waals surface area contributed by atoms with Gasteiger partial charge in [-0.15, -0.1) is 11.3 Å². The zero-order chi connectivity index (χ0) is 8.01. The van der Waals surface area contributed by atoms with Crippen LogP contribution in [0, 0.1) is 6.92 Å². The highest BCUT2D eigenvalue weighted by atomic mass is 32.1. The second kappa shape index (κ2) is 2.31. The lowest BCUT2D eigenvalue weighted by Crippen LogP contribution is -2.19. The zero-order valence-corrected chi connectivity index (χ0v) is 8.03. The number of rotatable bonds is 1. The van der Waals surface area contributed by atoms with E-state index in [0.717, 1.165) is 11.8 Å². The molecule has 1 nitrogen and oxygen atoms in total. The van der Waals surface area contributed by atoms with Crippen LogP contribution in [-0.2, 0) is 0 Å². The van der Waals surface area contributed by atoms with Crippen LogP contribution in [0.3, 0.4) is 0 Å². The Bertz CT molecular complexity index is 277. The summed E-state index contributed by atoms with van der Waals surface area (Å²) >= 11 is 1.88. The number of hydrogen-bond donors (Lipinski definition) is 0. The van der Waals surface area contributed by atoms with Gasteiger partial charge in [0.05, 0.1) is 10.7 Å². The normalized spacial score (nSPS) is 27.9. The highest BCUT2D eigenvalue weighted by Crippen LogP contribution is 2.50. The summed E-state index contributed by atoms with van der Waals surface area (Å²) in [6.45, 7) is 6.65. The first kappa shape index (κ1) is 7.29.